The third-order valence-corrected chi connectivity index (χ3v) is 1.99. The third kappa shape index (κ3) is 6.98. The molecule has 0 spiro atoms. The van der Waals surface area contributed by atoms with Crippen LogP contribution >= 0.6 is 0 Å². The van der Waals surface area contributed by atoms with Gasteiger partial charge in [-0.15, -0.1) is 0 Å². The Balaban J connectivity index is 2.38. The highest BCUT2D eigenvalue weighted by Crippen LogP contribution is 2.06. The number of nitrogens with two attached hydrogens (primary N) is 1. The van der Waals surface area contributed by atoms with E-state index >= 15 is 0 Å². The average Bonchev–Trinajstić information content (AvgIpc) is 2.33. The molecule has 0 aliphatic heterocycles. The second-order valence-corrected chi connectivity index (χ2v) is 5.03. The fourth-order valence-electron chi connectivity index (χ4n) is 1.19. The van der Waals surface area contributed by atoms with E-state index in [-0.39, 0.29) is 6.54 Å². The number of hydrogen-bond donors (Lipinski definition) is 2. The van der Waals surface area contributed by atoms with E-state index in [4.69, 9.17) is 10.5 Å². The van der Waals surface area contributed by atoms with E-state index in [9.17, 15) is 4.79 Å². The van der Waals surface area contributed by atoms with Crippen molar-refractivity contribution in [3.63, 3.8) is 0 Å². The second-order valence-electron chi connectivity index (χ2n) is 5.03. The van der Waals surface area contributed by atoms with E-state index in [1.807, 2.05) is 12.1 Å². The van der Waals surface area contributed by atoms with Gasteiger partial charge < -0.3 is 15.8 Å². The van der Waals surface area contributed by atoms with Crippen molar-refractivity contribution in [2.24, 2.45) is 0 Å². The molecule has 0 bridgehead atoms. The number of carbonyl (C=O) groups is 1. The second kappa shape index (κ2) is 7.11. The van der Waals surface area contributed by atoms with Crippen LogP contribution in [0, 0.1) is 23.7 Å². The first-order valence-electron chi connectivity index (χ1n) is 6.18. The van der Waals surface area contributed by atoms with Gasteiger partial charge in [-0.25, -0.2) is 4.79 Å². The molecule has 1 amide bonds. The molecule has 0 fully saturated rings. The SMILES string of the molecule is CC(C)(C)OC(=O)NCC#CC#Cc1ccc(N)cc1. The lowest BCUT2D eigenvalue weighted by Crippen LogP contribution is -2.32. The number of carbonyl (C=O) groups excluding carboxylic acids is 1. The van der Waals surface area contributed by atoms with Crippen molar-refractivity contribution >= 4 is 11.8 Å². The van der Waals surface area contributed by atoms with Crippen molar-refractivity contribution in [3.8, 4) is 23.7 Å². The number of anilines is 1. The first kappa shape index (κ1) is 15.5. The van der Waals surface area contributed by atoms with Crippen molar-refractivity contribution in [1.29, 1.82) is 0 Å². The highest BCUT2D eigenvalue weighted by Gasteiger charge is 2.14. The van der Waals surface area contributed by atoms with Gasteiger partial charge in [-0.05, 0) is 56.9 Å². The van der Waals surface area contributed by atoms with Crippen LogP contribution in [0.2, 0.25) is 0 Å². The summed E-state index contributed by atoms with van der Waals surface area (Å²) in [6, 6.07) is 7.20. The van der Waals surface area contributed by atoms with Crippen LogP contribution in [0.25, 0.3) is 0 Å². The van der Waals surface area contributed by atoms with E-state index in [0.29, 0.717) is 5.69 Å². The van der Waals surface area contributed by atoms with Gasteiger partial charge in [-0.3, -0.25) is 0 Å². The van der Waals surface area contributed by atoms with Gasteiger partial charge >= 0.3 is 6.09 Å². The summed E-state index contributed by atoms with van der Waals surface area (Å²) < 4.78 is 5.06. The first-order chi connectivity index (χ1) is 9.37. The number of nitrogens with one attached hydrogen (secondary N) is 1. The molecule has 1 rings (SSSR count). The maximum absolute atomic E-state index is 11.3. The molecule has 3 N–H and O–H groups in total. The minimum absolute atomic E-state index is 0.200. The van der Waals surface area contributed by atoms with Gasteiger partial charge in [0.1, 0.15) is 5.60 Å². The summed E-state index contributed by atoms with van der Waals surface area (Å²) in [5.74, 6) is 11.0. The molecule has 104 valence electrons. The summed E-state index contributed by atoms with van der Waals surface area (Å²) in [7, 11) is 0. The Morgan fingerprint density at radius 3 is 2.50 bits per heavy atom. The number of alkyl carbamates (subject to hydrolysis) is 1. The molecular weight excluding hydrogens is 252 g/mol. The van der Waals surface area contributed by atoms with Crippen LogP contribution in [0.3, 0.4) is 0 Å². The van der Waals surface area contributed by atoms with Crippen LogP contribution in [0.15, 0.2) is 24.3 Å². The molecular formula is C16H18N2O2. The number of rotatable bonds is 1. The zero-order valence-electron chi connectivity index (χ0n) is 11.9. The third-order valence-electron chi connectivity index (χ3n) is 1.99. The number of hydrogen-bond acceptors (Lipinski definition) is 3. The number of benzene rings is 1. The Morgan fingerprint density at radius 1 is 1.25 bits per heavy atom. The largest absolute Gasteiger partial charge is 0.444 e. The molecule has 0 aromatic heterocycles. The molecule has 0 saturated heterocycles. The lowest BCUT2D eigenvalue weighted by atomic mass is 10.2. The van der Waals surface area contributed by atoms with Crippen molar-refractivity contribution in [2.75, 3.05) is 12.3 Å². The quantitative estimate of drug-likeness (QED) is 0.607. The molecule has 0 saturated carbocycles. The fourth-order valence-corrected chi connectivity index (χ4v) is 1.19. The first-order valence-corrected chi connectivity index (χ1v) is 6.18. The lowest BCUT2D eigenvalue weighted by Gasteiger charge is -2.18. The number of nitrogen functional groups attached to an aromatic ring is 1. The summed E-state index contributed by atoms with van der Waals surface area (Å²) in [5.41, 5.74) is 6.60. The Kier molecular flexibility index (Phi) is 5.50. The van der Waals surface area contributed by atoms with Crippen molar-refractivity contribution in [3.05, 3.63) is 29.8 Å². The standard InChI is InChI=1S/C16H18N2O2/c1-16(2,3)20-15(19)18-12-6-4-5-7-13-8-10-14(17)11-9-13/h8-11H,12,17H2,1-3H3,(H,18,19). The van der Waals surface area contributed by atoms with Crippen LogP contribution in [0.5, 0.6) is 0 Å². The van der Waals surface area contributed by atoms with Gasteiger partial charge in [-0.1, -0.05) is 11.8 Å². The summed E-state index contributed by atoms with van der Waals surface area (Å²) in [5, 5.41) is 2.53. The monoisotopic (exact) mass is 270 g/mol. The van der Waals surface area contributed by atoms with Crippen molar-refractivity contribution in [2.45, 2.75) is 26.4 Å². The van der Waals surface area contributed by atoms with E-state index in [1.54, 1.807) is 32.9 Å². The lowest BCUT2D eigenvalue weighted by molar-refractivity contribution is 0.0535. The van der Waals surface area contributed by atoms with Gasteiger partial charge in [-0.2, -0.15) is 0 Å². The molecule has 1 aromatic carbocycles. The Labute approximate surface area is 119 Å². The number of ether oxygens (including phenoxy) is 1. The maximum atomic E-state index is 11.3. The van der Waals surface area contributed by atoms with Gasteiger partial charge in [0.05, 0.1) is 6.54 Å². The highest BCUT2D eigenvalue weighted by atomic mass is 16.6. The Morgan fingerprint density at radius 2 is 1.90 bits per heavy atom. The van der Waals surface area contributed by atoms with Crippen molar-refractivity contribution in [1.82, 2.24) is 5.32 Å². The minimum atomic E-state index is -0.507. The molecule has 0 aliphatic rings. The van der Waals surface area contributed by atoms with Gasteiger partial charge in [0.2, 0.25) is 0 Å². The predicted molar refractivity (Wildman–Crippen MR) is 79.7 cm³/mol. The summed E-state index contributed by atoms with van der Waals surface area (Å²) in [4.78, 5) is 11.3. The molecule has 0 radical (unpaired) electrons. The Hall–Kier alpha value is -2.59. The van der Waals surface area contributed by atoms with Crippen LogP contribution < -0.4 is 11.1 Å². The minimum Gasteiger partial charge on any atom is -0.444 e. The molecule has 20 heavy (non-hydrogen) atoms. The average molecular weight is 270 g/mol. The van der Waals surface area contributed by atoms with Crippen molar-refractivity contribution < 1.29 is 9.53 Å². The normalized spacial score (nSPS) is 9.55. The van der Waals surface area contributed by atoms with E-state index < -0.39 is 11.7 Å². The molecule has 0 atom stereocenters. The summed E-state index contributed by atoms with van der Waals surface area (Å²) in [6.07, 6.45) is -0.488. The smallest absolute Gasteiger partial charge is 0.408 e. The molecule has 4 nitrogen and oxygen atoms in total. The molecule has 0 aliphatic carbocycles. The fraction of sp³-hybridized carbons (Fsp3) is 0.312. The Bertz CT molecular complexity index is 575. The van der Waals surface area contributed by atoms with E-state index in [1.165, 1.54) is 0 Å². The zero-order valence-corrected chi connectivity index (χ0v) is 11.9. The summed E-state index contributed by atoms with van der Waals surface area (Å²) >= 11 is 0. The predicted octanol–water partition coefficient (Wildman–Crippen LogP) is 2.15. The van der Waals surface area contributed by atoms with Crippen LogP contribution in [-0.4, -0.2) is 18.2 Å². The van der Waals surface area contributed by atoms with Crippen LogP contribution in [0.1, 0.15) is 26.3 Å². The van der Waals surface area contributed by atoms with Gasteiger partial charge in [0.15, 0.2) is 0 Å². The highest BCUT2D eigenvalue weighted by molar-refractivity contribution is 5.68. The number of amides is 1. The van der Waals surface area contributed by atoms with Gasteiger partial charge in [0, 0.05) is 11.3 Å². The summed E-state index contributed by atoms with van der Waals surface area (Å²) in [6.45, 7) is 5.61. The molecule has 0 unspecified atom stereocenters. The van der Waals surface area contributed by atoms with Crippen LogP contribution in [-0.2, 0) is 4.74 Å². The topological polar surface area (TPSA) is 64.3 Å². The van der Waals surface area contributed by atoms with Crippen LogP contribution in [0.4, 0.5) is 10.5 Å². The van der Waals surface area contributed by atoms with E-state index in [0.717, 1.165) is 5.56 Å². The zero-order chi connectivity index (χ0) is 15.0. The van der Waals surface area contributed by atoms with Gasteiger partial charge in [0.25, 0.3) is 0 Å². The molecule has 0 heterocycles. The molecule has 4 heteroatoms. The maximum Gasteiger partial charge on any atom is 0.408 e. The van der Waals surface area contributed by atoms with E-state index in [2.05, 4.69) is 29.0 Å². The molecule has 1 aromatic rings.